The van der Waals surface area contributed by atoms with E-state index in [-0.39, 0.29) is 11.7 Å². The fourth-order valence-corrected chi connectivity index (χ4v) is 3.25. The first kappa shape index (κ1) is 13.3. The van der Waals surface area contributed by atoms with E-state index >= 15 is 0 Å². The Morgan fingerprint density at radius 1 is 1.41 bits per heavy atom. The zero-order chi connectivity index (χ0) is 12.1. The van der Waals surface area contributed by atoms with E-state index in [2.05, 4.69) is 6.92 Å². The fraction of sp³-hybridized carbons (Fsp3) is 1.00. The maximum absolute atomic E-state index is 10.2. The minimum Gasteiger partial charge on any atom is -0.390 e. The van der Waals surface area contributed by atoms with Gasteiger partial charge in [0.15, 0.2) is 0 Å². The summed E-state index contributed by atoms with van der Waals surface area (Å²) >= 11 is 0. The molecule has 0 aromatic heterocycles. The molecule has 1 N–H and O–H groups in total. The third-order valence-corrected chi connectivity index (χ3v) is 4.23. The summed E-state index contributed by atoms with van der Waals surface area (Å²) in [5.74, 6) is 0.374. The van der Waals surface area contributed by atoms with Crippen molar-refractivity contribution in [2.24, 2.45) is 5.92 Å². The highest BCUT2D eigenvalue weighted by atomic mass is 16.5. The topological polar surface area (TPSA) is 38.7 Å². The lowest BCUT2D eigenvalue weighted by atomic mass is 9.82. The number of aliphatic hydroxyl groups excluding tert-OH is 1. The molecule has 1 spiro atoms. The quantitative estimate of drug-likeness (QED) is 0.753. The van der Waals surface area contributed by atoms with Gasteiger partial charge in [0, 0.05) is 13.2 Å². The van der Waals surface area contributed by atoms with Crippen molar-refractivity contribution in [3.8, 4) is 0 Å². The van der Waals surface area contributed by atoms with Gasteiger partial charge in [0.1, 0.15) is 0 Å². The van der Waals surface area contributed by atoms with Crippen LogP contribution in [-0.2, 0) is 9.47 Å². The predicted octanol–water partition coefficient (Wildman–Crippen LogP) is 2.51. The molecule has 1 heterocycles. The molecule has 2 rings (SSSR count). The largest absolute Gasteiger partial charge is 0.390 e. The lowest BCUT2D eigenvalue weighted by molar-refractivity contribution is -0.121. The van der Waals surface area contributed by atoms with Crippen molar-refractivity contribution in [3.63, 3.8) is 0 Å². The first-order chi connectivity index (χ1) is 8.26. The van der Waals surface area contributed by atoms with Gasteiger partial charge in [-0.15, -0.1) is 0 Å². The molecule has 0 amide bonds. The van der Waals surface area contributed by atoms with E-state index in [1.807, 2.05) is 0 Å². The SMILES string of the molecule is CCCOCC(O)C1CCOC2(CCCC2)C1. The van der Waals surface area contributed by atoms with E-state index < -0.39 is 0 Å². The highest BCUT2D eigenvalue weighted by molar-refractivity contribution is 4.92. The minimum absolute atomic E-state index is 0.106. The maximum atomic E-state index is 10.2. The van der Waals surface area contributed by atoms with Crippen LogP contribution in [0.1, 0.15) is 51.9 Å². The van der Waals surface area contributed by atoms with Gasteiger partial charge < -0.3 is 14.6 Å². The van der Waals surface area contributed by atoms with Crippen LogP contribution in [0.2, 0.25) is 0 Å². The van der Waals surface area contributed by atoms with Gasteiger partial charge in [-0.05, 0) is 38.0 Å². The Hall–Kier alpha value is -0.120. The van der Waals surface area contributed by atoms with Crippen molar-refractivity contribution in [2.75, 3.05) is 19.8 Å². The Morgan fingerprint density at radius 3 is 2.88 bits per heavy atom. The molecular weight excluding hydrogens is 216 g/mol. The molecule has 0 aromatic rings. The summed E-state index contributed by atoms with van der Waals surface area (Å²) in [4.78, 5) is 0. The van der Waals surface area contributed by atoms with Crippen molar-refractivity contribution in [3.05, 3.63) is 0 Å². The lowest BCUT2D eigenvalue weighted by Gasteiger charge is -2.40. The van der Waals surface area contributed by atoms with Crippen molar-refractivity contribution in [1.29, 1.82) is 0 Å². The van der Waals surface area contributed by atoms with Crippen LogP contribution in [0.4, 0.5) is 0 Å². The highest BCUT2D eigenvalue weighted by Gasteiger charge is 2.41. The molecule has 17 heavy (non-hydrogen) atoms. The van der Waals surface area contributed by atoms with Crippen LogP contribution in [0.15, 0.2) is 0 Å². The van der Waals surface area contributed by atoms with Gasteiger partial charge in [-0.1, -0.05) is 19.8 Å². The van der Waals surface area contributed by atoms with Gasteiger partial charge in [-0.2, -0.15) is 0 Å². The van der Waals surface area contributed by atoms with Crippen LogP contribution in [-0.4, -0.2) is 36.6 Å². The summed E-state index contributed by atoms with van der Waals surface area (Å²) in [5.41, 5.74) is 0.106. The molecule has 3 nitrogen and oxygen atoms in total. The van der Waals surface area contributed by atoms with Crippen LogP contribution in [0.25, 0.3) is 0 Å². The van der Waals surface area contributed by atoms with Crippen LogP contribution in [0.5, 0.6) is 0 Å². The first-order valence-electron chi connectivity index (χ1n) is 7.15. The Bertz CT molecular complexity index is 224. The lowest BCUT2D eigenvalue weighted by Crippen LogP contribution is -2.42. The van der Waals surface area contributed by atoms with Crippen LogP contribution >= 0.6 is 0 Å². The number of hydrogen-bond donors (Lipinski definition) is 1. The molecule has 2 fully saturated rings. The summed E-state index contributed by atoms with van der Waals surface area (Å²) in [7, 11) is 0. The predicted molar refractivity (Wildman–Crippen MR) is 67.0 cm³/mol. The number of rotatable bonds is 5. The van der Waals surface area contributed by atoms with E-state index in [1.54, 1.807) is 0 Å². The second kappa shape index (κ2) is 6.17. The summed E-state index contributed by atoms with van der Waals surface area (Å²) in [6, 6.07) is 0. The molecule has 100 valence electrons. The minimum atomic E-state index is -0.303. The zero-order valence-electron chi connectivity index (χ0n) is 11.0. The molecule has 1 aliphatic heterocycles. The second-order valence-electron chi connectivity index (χ2n) is 5.63. The van der Waals surface area contributed by atoms with Gasteiger partial charge in [0.2, 0.25) is 0 Å². The van der Waals surface area contributed by atoms with E-state index in [0.717, 1.165) is 32.5 Å². The molecule has 2 aliphatic rings. The number of hydrogen-bond acceptors (Lipinski definition) is 3. The molecule has 0 radical (unpaired) electrons. The average molecular weight is 242 g/mol. The van der Waals surface area contributed by atoms with E-state index in [1.165, 1.54) is 25.7 Å². The molecule has 1 saturated heterocycles. The standard InChI is InChI=1S/C14H26O3/c1-2-8-16-11-13(15)12-5-9-17-14(10-12)6-3-4-7-14/h12-13,15H,2-11H2,1H3. The third-order valence-electron chi connectivity index (χ3n) is 4.23. The Morgan fingerprint density at radius 2 is 2.18 bits per heavy atom. The molecule has 2 unspecified atom stereocenters. The monoisotopic (exact) mass is 242 g/mol. The molecular formula is C14H26O3. The first-order valence-corrected chi connectivity index (χ1v) is 7.15. The Labute approximate surface area is 104 Å². The van der Waals surface area contributed by atoms with Crippen molar-refractivity contribution in [2.45, 2.75) is 63.6 Å². The number of ether oxygens (including phenoxy) is 2. The van der Waals surface area contributed by atoms with Crippen LogP contribution in [0.3, 0.4) is 0 Å². The Balaban J connectivity index is 1.79. The summed E-state index contributed by atoms with van der Waals surface area (Å²) in [6.07, 6.45) is 7.68. The van der Waals surface area contributed by atoms with E-state index in [4.69, 9.17) is 9.47 Å². The second-order valence-corrected chi connectivity index (χ2v) is 5.63. The van der Waals surface area contributed by atoms with Gasteiger partial charge in [0.25, 0.3) is 0 Å². The highest BCUT2D eigenvalue weighted by Crippen LogP contribution is 2.42. The molecule has 1 aliphatic carbocycles. The van der Waals surface area contributed by atoms with Crippen LogP contribution < -0.4 is 0 Å². The molecule has 3 heteroatoms. The van der Waals surface area contributed by atoms with Crippen LogP contribution in [0, 0.1) is 5.92 Å². The van der Waals surface area contributed by atoms with Crippen molar-refractivity contribution < 1.29 is 14.6 Å². The zero-order valence-corrected chi connectivity index (χ0v) is 11.0. The summed E-state index contributed by atoms with van der Waals surface area (Å²) in [5, 5.41) is 10.2. The van der Waals surface area contributed by atoms with Gasteiger partial charge in [0.05, 0.1) is 18.3 Å². The van der Waals surface area contributed by atoms with Gasteiger partial charge in [-0.3, -0.25) is 0 Å². The van der Waals surface area contributed by atoms with E-state index in [9.17, 15) is 5.11 Å². The summed E-state index contributed by atoms with van der Waals surface area (Å²) in [6.45, 7) is 4.16. The molecule has 0 bridgehead atoms. The van der Waals surface area contributed by atoms with Gasteiger partial charge >= 0.3 is 0 Å². The van der Waals surface area contributed by atoms with Crippen molar-refractivity contribution in [1.82, 2.24) is 0 Å². The normalized spacial score (nSPS) is 29.6. The Kier molecular flexibility index (Phi) is 4.83. The smallest absolute Gasteiger partial charge is 0.0803 e. The summed E-state index contributed by atoms with van der Waals surface area (Å²) < 4.78 is 11.4. The average Bonchev–Trinajstić information content (AvgIpc) is 2.77. The van der Waals surface area contributed by atoms with Gasteiger partial charge in [-0.25, -0.2) is 0 Å². The fourth-order valence-electron chi connectivity index (χ4n) is 3.25. The maximum Gasteiger partial charge on any atom is 0.0803 e. The van der Waals surface area contributed by atoms with E-state index in [0.29, 0.717) is 12.5 Å². The molecule has 1 saturated carbocycles. The number of aliphatic hydroxyl groups is 1. The molecule has 0 aromatic carbocycles. The molecule has 2 atom stereocenters. The third kappa shape index (κ3) is 3.43. The van der Waals surface area contributed by atoms with Crippen molar-refractivity contribution >= 4 is 0 Å².